The molecular formula is C16H20BrN3S. The summed E-state index contributed by atoms with van der Waals surface area (Å²) in [5.74, 6) is 2.95. The highest BCUT2D eigenvalue weighted by molar-refractivity contribution is 9.10. The minimum Gasteiger partial charge on any atom is -0.370 e. The van der Waals surface area contributed by atoms with E-state index in [9.17, 15) is 0 Å². The molecule has 112 valence electrons. The van der Waals surface area contributed by atoms with Crippen molar-refractivity contribution >= 4 is 33.5 Å². The van der Waals surface area contributed by atoms with Crippen LogP contribution in [0.25, 0.3) is 0 Å². The summed E-state index contributed by atoms with van der Waals surface area (Å²) >= 11 is 5.32. The van der Waals surface area contributed by atoms with Gasteiger partial charge in [0, 0.05) is 27.7 Å². The predicted octanol–water partition coefficient (Wildman–Crippen LogP) is 5.09. The van der Waals surface area contributed by atoms with Gasteiger partial charge in [-0.05, 0) is 40.9 Å². The molecule has 5 heteroatoms. The van der Waals surface area contributed by atoms with Crippen molar-refractivity contribution in [3.8, 4) is 0 Å². The number of halogens is 1. The number of hydrogen-bond acceptors (Lipinski definition) is 4. The molecule has 0 fully saturated rings. The van der Waals surface area contributed by atoms with Crippen molar-refractivity contribution < 1.29 is 0 Å². The Balaban J connectivity index is 2.17. The van der Waals surface area contributed by atoms with Crippen LogP contribution >= 0.6 is 27.7 Å². The monoisotopic (exact) mass is 365 g/mol. The number of thioether (sulfide) groups is 1. The highest BCUT2D eigenvalue weighted by Crippen LogP contribution is 2.29. The largest absolute Gasteiger partial charge is 0.370 e. The van der Waals surface area contributed by atoms with Crippen LogP contribution in [0.5, 0.6) is 0 Å². The summed E-state index contributed by atoms with van der Waals surface area (Å²) in [6, 6.07) is 10.3. The number of nitrogens with one attached hydrogen (secondary N) is 1. The van der Waals surface area contributed by atoms with Crippen LogP contribution in [0.1, 0.15) is 38.2 Å². The zero-order valence-electron chi connectivity index (χ0n) is 12.6. The quantitative estimate of drug-likeness (QED) is 0.723. The van der Waals surface area contributed by atoms with E-state index in [4.69, 9.17) is 0 Å². The second-order valence-electron chi connectivity index (χ2n) is 5.00. The molecule has 0 aliphatic rings. The van der Waals surface area contributed by atoms with Crippen molar-refractivity contribution in [3.63, 3.8) is 0 Å². The second-order valence-corrected chi connectivity index (χ2v) is 6.87. The highest BCUT2D eigenvalue weighted by Gasteiger charge is 2.09. The van der Waals surface area contributed by atoms with Gasteiger partial charge >= 0.3 is 0 Å². The van der Waals surface area contributed by atoms with E-state index in [0.717, 1.165) is 34.1 Å². The predicted molar refractivity (Wildman–Crippen MR) is 94.0 cm³/mol. The van der Waals surface area contributed by atoms with Crippen LogP contribution in [0, 0.1) is 0 Å². The van der Waals surface area contributed by atoms with Gasteiger partial charge in [-0.1, -0.05) is 26.0 Å². The van der Waals surface area contributed by atoms with E-state index in [1.165, 1.54) is 4.90 Å². The molecule has 21 heavy (non-hydrogen) atoms. The number of anilines is 1. The summed E-state index contributed by atoms with van der Waals surface area (Å²) in [5.41, 5.74) is 1.09. The number of hydrogen-bond donors (Lipinski definition) is 1. The standard InChI is InChI=1S/C16H20BrN3S/c1-4-18-15-9-13(11(2)3)19-16(20-15)10-21-14-8-6-5-7-12(14)17/h5-9,11H,4,10H2,1-3H3,(H,18,19,20). The zero-order valence-corrected chi connectivity index (χ0v) is 15.0. The summed E-state index contributed by atoms with van der Waals surface area (Å²) < 4.78 is 1.11. The van der Waals surface area contributed by atoms with Gasteiger partial charge in [0.05, 0.1) is 5.75 Å². The van der Waals surface area contributed by atoms with Crippen LogP contribution in [-0.4, -0.2) is 16.5 Å². The molecule has 1 heterocycles. The Morgan fingerprint density at radius 3 is 2.67 bits per heavy atom. The van der Waals surface area contributed by atoms with E-state index in [1.54, 1.807) is 11.8 Å². The van der Waals surface area contributed by atoms with Crippen molar-refractivity contribution in [2.75, 3.05) is 11.9 Å². The van der Waals surface area contributed by atoms with Gasteiger partial charge in [-0.3, -0.25) is 0 Å². The fourth-order valence-corrected chi connectivity index (χ4v) is 3.28. The van der Waals surface area contributed by atoms with E-state index in [-0.39, 0.29) is 0 Å². The minimum absolute atomic E-state index is 0.401. The second kappa shape index (κ2) is 7.80. The molecule has 0 saturated carbocycles. The summed E-state index contributed by atoms with van der Waals surface area (Å²) in [6.45, 7) is 7.25. The van der Waals surface area contributed by atoms with Crippen LogP contribution in [-0.2, 0) is 5.75 Å². The molecule has 0 aliphatic heterocycles. The molecule has 3 nitrogen and oxygen atoms in total. The SMILES string of the molecule is CCNc1cc(C(C)C)nc(CSc2ccccc2Br)n1. The van der Waals surface area contributed by atoms with Crippen LogP contribution in [0.4, 0.5) is 5.82 Å². The van der Waals surface area contributed by atoms with Crippen molar-refractivity contribution in [2.24, 2.45) is 0 Å². The molecule has 0 aliphatic carbocycles. The number of benzene rings is 1. The van der Waals surface area contributed by atoms with E-state index < -0.39 is 0 Å². The summed E-state index contributed by atoms with van der Waals surface area (Å²) in [4.78, 5) is 10.5. The Morgan fingerprint density at radius 1 is 1.24 bits per heavy atom. The van der Waals surface area contributed by atoms with Crippen LogP contribution < -0.4 is 5.32 Å². The first-order valence-corrected chi connectivity index (χ1v) is 8.87. The third-order valence-corrected chi connectivity index (χ3v) is 4.96. The van der Waals surface area contributed by atoms with Crippen molar-refractivity contribution in [1.29, 1.82) is 0 Å². The van der Waals surface area contributed by atoms with Gasteiger partial charge in [0.15, 0.2) is 0 Å². The molecule has 0 spiro atoms. The fourth-order valence-electron chi connectivity index (χ4n) is 1.85. The number of aromatic nitrogens is 2. The molecule has 2 rings (SSSR count). The van der Waals surface area contributed by atoms with E-state index >= 15 is 0 Å². The first-order valence-electron chi connectivity index (χ1n) is 7.09. The van der Waals surface area contributed by atoms with Gasteiger partial charge in [-0.2, -0.15) is 0 Å². The molecule has 1 aromatic carbocycles. The van der Waals surface area contributed by atoms with Gasteiger partial charge in [-0.15, -0.1) is 11.8 Å². The lowest BCUT2D eigenvalue weighted by Crippen LogP contribution is -2.06. The Morgan fingerprint density at radius 2 is 2.00 bits per heavy atom. The lowest BCUT2D eigenvalue weighted by atomic mass is 10.1. The summed E-state index contributed by atoms with van der Waals surface area (Å²) in [6.07, 6.45) is 0. The Kier molecular flexibility index (Phi) is 6.06. The molecule has 2 aromatic rings. The molecule has 0 bridgehead atoms. The maximum atomic E-state index is 4.67. The normalized spacial score (nSPS) is 10.9. The van der Waals surface area contributed by atoms with Gasteiger partial charge in [0.1, 0.15) is 11.6 Å². The summed E-state index contributed by atoms with van der Waals surface area (Å²) in [5, 5.41) is 3.28. The maximum Gasteiger partial charge on any atom is 0.141 e. The molecule has 0 saturated heterocycles. The minimum atomic E-state index is 0.401. The summed E-state index contributed by atoms with van der Waals surface area (Å²) in [7, 11) is 0. The molecule has 0 radical (unpaired) electrons. The third kappa shape index (κ3) is 4.71. The van der Waals surface area contributed by atoms with Crippen molar-refractivity contribution in [1.82, 2.24) is 9.97 Å². The highest BCUT2D eigenvalue weighted by atomic mass is 79.9. The average molecular weight is 366 g/mol. The average Bonchev–Trinajstić information content (AvgIpc) is 2.46. The van der Waals surface area contributed by atoms with E-state index in [2.05, 4.69) is 64.1 Å². The van der Waals surface area contributed by atoms with Gasteiger partial charge < -0.3 is 5.32 Å². The van der Waals surface area contributed by atoms with Crippen molar-refractivity contribution in [2.45, 2.75) is 37.3 Å². The van der Waals surface area contributed by atoms with Crippen molar-refractivity contribution in [3.05, 3.63) is 46.3 Å². The van der Waals surface area contributed by atoms with Crippen LogP contribution in [0.2, 0.25) is 0 Å². The first-order chi connectivity index (χ1) is 10.1. The van der Waals surface area contributed by atoms with Gasteiger partial charge in [0.25, 0.3) is 0 Å². The molecule has 1 aromatic heterocycles. The van der Waals surface area contributed by atoms with Crippen LogP contribution in [0.15, 0.2) is 39.7 Å². The maximum absolute atomic E-state index is 4.67. The molecule has 0 amide bonds. The molecule has 0 atom stereocenters. The Labute approximate surface area is 139 Å². The lowest BCUT2D eigenvalue weighted by molar-refractivity contribution is 0.799. The lowest BCUT2D eigenvalue weighted by Gasteiger charge is -2.11. The molecule has 1 N–H and O–H groups in total. The Hall–Kier alpha value is -1.07. The molecule has 0 unspecified atom stereocenters. The number of nitrogens with zero attached hydrogens (tertiary/aromatic N) is 2. The fraction of sp³-hybridized carbons (Fsp3) is 0.375. The van der Waals surface area contributed by atoms with E-state index in [0.29, 0.717) is 5.92 Å². The van der Waals surface area contributed by atoms with Gasteiger partial charge in [0.2, 0.25) is 0 Å². The topological polar surface area (TPSA) is 37.8 Å². The Bertz CT molecular complexity index is 602. The number of rotatable bonds is 6. The van der Waals surface area contributed by atoms with E-state index in [1.807, 2.05) is 18.2 Å². The smallest absolute Gasteiger partial charge is 0.141 e. The first kappa shape index (κ1) is 16.3. The van der Waals surface area contributed by atoms with Gasteiger partial charge in [-0.25, -0.2) is 9.97 Å². The van der Waals surface area contributed by atoms with Crippen LogP contribution in [0.3, 0.4) is 0 Å². The molecular weight excluding hydrogens is 346 g/mol. The zero-order chi connectivity index (χ0) is 15.2. The third-order valence-electron chi connectivity index (χ3n) is 2.94.